The van der Waals surface area contributed by atoms with Crippen LogP contribution in [0.4, 0.5) is 0 Å². The molecular formula is C10H12BrN3OS. The van der Waals surface area contributed by atoms with E-state index >= 15 is 0 Å². The van der Waals surface area contributed by atoms with E-state index in [0.717, 1.165) is 22.7 Å². The molecule has 1 aliphatic carbocycles. The van der Waals surface area contributed by atoms with E-state index in [-0.39, 0.29) is 11.9 Å². The fourth-order valence-corrected chi connectivity index (χ4v) is 3.71. The Hall–Kier alpha value is -0.460. The first-order chi connectivity index (χ1) is 7.72. The number of rotatable bonds is 2. The molecule has 2 heterocycles. The fourth-order valence-electron chi connectivity index (χ4n) is 2.60. The SMILES string of the molecule is O=C(N[C@H]1C[C@H]2CN[C@H]1C2)c1ncc(Br)s1. The van der Waals surface area contributed by atoms with Crippen molar-refractivity contribution in [2.75, 3.05) is 6.54 Å². The topological polar surface area (TPSA) is 54.0 Å². The molecule has 0 aromatic carbocycles. The van der Waals surface area contributed by atoms with Gasteiger partial charge in [0.25, 0.3) is 5.91 Å². The van der Waals surface area contributed by atoms with E-state index in [2.05, 4.69) is 31.5 Å². The van der Waals surface area contributed by atoms with Crippen LogP contribution in [0.3, 0.4) is 0 Å². The van der Waals surface area contributed by atoms with Crippen LogP contribution < -0.4 is 10.6 Å². The molecule has 1 aliphatic heterocycles. The number of hydrogen-bond acceptors (Lipinski definition) is 4. The van der Waals surface area contributed by atoms with Crippen molar-refractivity contribution in [3.05, 3.63) is 15.0 Å². The summed E-state index contributed by atoms with van der Waals surface area (Å²) in [4.78, 5) is 15.9. The molecule has 16 heavy (non-hydrogen) atoms. The van der Waals surface area contributed by atoms with Gasteiger partial charge in [0.2, 0.25) is 0 Å². The number of carbonyl (C=O) groups is 1. The number of hydrogen-bond donors (Lipinski definition) is 2. The number of nitrogens with one attached hydrogen (secondary N) is 2. The van der Waals surface area contributed by atoms with E-state index < -0.39 is 0 Å². The van der Waals surface area contributed by atoms with E-state index in [9.17, 15) is 4.79 Å². The minimum atomic E-state index is -0.0462. The van der Waals surface area contributed by atoms with Crippen molar-refractivity contribution in [2.45, 2.75) is 24.9 Å². The third-order valence-corrected chi connectivity index (χ3v) is 4.79. The first-order valence-corrected chi connectivity index (χ1v) is 6.99. The Morgan fingerprint density at radius 3 is 3.06 bits per heavy atom. The summed E-state index contributed by atoms with van der Waals surface area (Å²) in [6.07, 6.45) is 3.97. The Bertz CT molecular complexity index is 422. The second-order valence-corrected chi connectivity index (χ2v) is 6.81. The summed E-state index contributed by atoms with van der Waals surface area (Å²) in [5.74, 6) is 0.702. The van der Waals surface area contributed by atoms with Crippen molar-refractivity contribution < 1.29 is 4.79 Å². The smallest absolute Gasteiger partial charge is 0.280 e. The minimum Gasteiger partial charge on any atom is -0.346 e. The lowest BCUT2D eigenvalue weighted by molar-refractivity contribution is 0.0928. The highest BCUT2D eigenvalue weighted by Crippen LogP contribution is 2.31. The summed E-state index contributed by atoms with van der Waals surface area (Å²) in [5, 5.41) is 7.03. The van der Waals surface area contributed by atoms with Crippen LogP contribution >= 0.6 is 27.3 Å². The second-order valence-electron chi connectivity index (χ2n) is 4.40. The normalized spacial score (nSPS) is 31.9. The lowest BCUT2D eigenvalue weighted by Crippen LogP contribution is -2.47. The molecule has 3 rings (SSSR count). The molecule has 2 N–H and O–H groups in total. The maximum absolute atomic E-state index is 11.9. The Balaban J connectivity index is 1.65. The van der Waals surface area contributed by atoms with Gasteiger partial charge in [-0.05, 0) is 41.2 Å². The number of amides is 1. The van der Waals surface area contributed by atoms with Crippen molar-refractivity contribution in [3.8, 4) is 0 Å². The van der Waals surface area contributed by atoms with Gasteiger partial charge in [0.05, 0.1) is 9.98 Å². The molecule has 86 valence electrons. The summed E-state index contributed by atoms with van der Waals surface area (Å²) >= 11 is 4.68. The van der Waals surface area contributed by atoms with Crippen molar-refractivity contribution in [1.82, 2.24) is 15.6 Å². The maximum Gasteiger partial charge on any atom is 0.280 e. The molecule has 1 amide bonds. The van der Waals surface area contributed by atoms with Gasteiger partial charge < -0.3 is 10.6 Å². The monoisotopic (exact) mass is 301 g/mol. The average molecular weight is 302 g/mol. The minimum absolute atomic E-state index is 0.0462. The third-order valence-electron chi connectivity index (χ3n) is 3.32. The van der Waals surface area contributed by atoms with Crippen LogP contribution in [0.1, 0.15) is 22.6 Å². The lowest BCUT2D eigenvalue weighted by Gasteiger charge is -2.23. The van der Waals surface area contributed by atoms with Crippen LogP contribution in [0.25, 0.3) is 0 Å². The predicted molar refractivity (Wildman–Crippen MR) is 65.6 cm³/mol. The molecule has 6 heteroatoms. The molecule has 2 aliphatic rings. The largest absolute Gasteiger partial charge is 0.346 e. The molecule has 0 radical (unpaired) electrons. The molecule has 1 saturated carbocycles. The molecule has 0 unspecified atom stereocenters. The molecule has 2 fully saturated rings. The summed E-state index contributed by atoms with van der Waals surface area (Å²) in [5.41, 5.74) is 0. The highest BCUT2D eigenvalue weighted by Gasteiger charge is 2.40. The standard InChI is InChI=1S/C10H12BrN3OS/c11-8-4-13-10(16-8)9(15)14-7-2-5-1-6(7)12-3-5/h4-7,12H,1-3H2,(H,14,15)/t5-,6-,7-/m0/s1. The predicted octanol–water partition coefficient (Wildman–Crippen LogP) is 1.39. The van der Waals surface area contributed by atoms with Crippen LogP contribution in [-0.4, -0.2) is 29.5 Å². The number of fused-ring (bicyclic) bond motifs is 2. The van der Waals surface area contributed by atoms with Crippen LogP contribution in [0, 0.1) is 5.92 Å². The summed E-state index contributed by atoms with van der Waals surface area (Å²) < 4.78 is 0.892. The van der Waals surface area contributed by atoms with Gasteiger partial charge in [-0.25, -0.2) is 4.98 Å². The number of aromatic nitrogens is 1. The lowest BCUT2D eigenvalue weighted by atomic mass is 10.1. The number of piperidine rings is 1. The Labute approximate surface area is 106 Å². The number of nitrogens with zero attached hydrogens (tertiary/aromatic N) is 1. The van der Waals surface area contributed by atoms with E-state index in [1.807, 2.05) is 0 Å². The molecule has 0 spiro atoms. The molecular weight excluding hydrogens is 290 g/mol. The molecule has 1 aromatic rings. The van der Waals surface area contributed by atoms with Gasteiger partial charge in [0, 0.05) is 12.1 Å². The molecule has 1 saturated heterocycles. The van der Waals surface area contributed by atoms with Gasteiger partial charge in [-0.2, -0.15) is 0 Å². The maximum atomic E-state index is 11.9. The van der Waals surface area contributed by atoms with Gasteiger partial charge in [-0.3, -0.25) is 4.79 Å². The van der Waals surface area contributed by atoms with E-state index in [1.54, 1.807) is 6.20 Å². The zero-order chi connectivity index (χ0) is 11.1. The summed E-state index contributed by atoms with van der Waals surface area (Å²) in [6, 6.07) is 0.756. The van der Waals surface area contributed by atoms with Crippen molar-refractivity contribution in [2.24, 2.45) is 5.92 Å². The van der Waals surface area contributed by atoms with E-state index in [4.69, 9.17) is 0 Å². The number of halogens is 1. The van der Waals surface area contributed by atoms with Gasteiger partial charge in [-0.15, -0.1) is 11.3 Å². The van der Waals surface area contributed by atoms with Crippen molar-refractivity contribution in [1.29, 1.82) is 0 Å². The quantitative estimate of drug-likeness (QED) is 0.868. The average Bonchev–Trinajstić information content (AvgIpc) is 2.92. The van der Waals surface area contributed by atoms with E-state index in [0.29, 0.717) is 11.0 Å². The third kappa shape index (κ3) is 1.89. The number of carbonyl (C=O) groups excluding carboxylic acids is 1. The number of thiazole rings is 1. The van der Waals surface area contributed by atoms with Crippen molar-refractivity contribution >= 4 is 33.2 Å². The molecule has 4 nitrogen and oxygen atoms in total. The van der Waals surface area contributed by atoms with Crippen LogP contribution in [0.5, 0.6) is 0 Å². The first kappa shape index (κ1) is 10.7. The van der Waals surface area contributed by atoms with Crippen molar-refractivity contribution in [3.63, 3.8) is 0 Å². The molecule has 3 atom stereocenters. The fraction of sp³-hybridized carbons (Fsp3) is 0.600. The zero-order valence-electron chi connectivity index (χ0n) is 8.57. The van der Waals surface area contributed by atoms with E-state index in [1.165, 1.54) is 17.8 Å². The summed E-state index contributed by atoms with van der Waals surface area (Å²) in [7, 11) is 0. The highest BCUT2D eigenvalue weighted by atomic mass is 79.9. The second kappa shape index (κ2) is 4.09. The Morgan fingerprint density at radius 2 is 2.50 bits per heavy atom. The van der Waals surface area contributed by atoms with Crippen LogP contribution in [-0.2, 0) is 0 Å². The van der Waals surface area contributed by atoms with Gasteiger partial charge >= 0.3 is 0 Å². The van der Waals surface area contributed by atoms with Crippen LogP contribution in [0.2, 0.25) is 0 Å². The Kier molecular flexibility index (Phi) is 2.73. The Morgan fingerprint density at radius 1 is 1.62 bits per heavy atom. The zero-order valence-corrected chi connectivity index (χ0v) is 11.0. The van der Waals surface area contributed by atoms with Gasteiger partial charge in [0.1, 0.15) is 0 Å². The highest BCUT2D eigenvalue weighted by molar-refractivity contribution is 9.11. The molecule has 1 aromatic heterocycles. The summed E-state index contributed by atoms with van der Waals surface area (Å²) in [6.45, 7) is 1.11. The first-order valence-electron chi connectivity index (χ1n) is 5.38. The molecule has 2 bridgehead atoms. The van der Waals surface area contributed by atoms with Gasteiger partial charge in [0.15, 0.2) is 5.01 Å². The van der Waals surface area contributed by atoms with Gasteiger partial charge in [-0.1, -0.05) is 0 Å². The van der Waals surface area contributed by atoms with Crippen LogP contribution in [0.15, 0.2) is 9.98 Å².